The van der Waals surface area contributed by atoms with Gasteiger partial charge in [-0.25, -0.2) is 0 Å². The summed E-state index contributed by atoms with van der Waals surface area (Å²) in [6.45, 7) is 6.65. The van der Waals surface area contributed by atoms with Crippen LogP contribution in [-0.2, 0) is 18.4 Å². The molecule has 0 saturated heterocycles. The van der Waals surface area contributed by atoms with E-state index in [-0.39, 0.29) is 5.91 Å². The Kier molecular flexibility index (Phi) is 5.02. The lowest BCUT2D eigenvalue weighted by Gasteiger charge is -2.08. The molecule has 2 heterocycles. The zero-order valence-corrected chi connectivity index (χ0v) is 15.5. The van der Waals surface area contributed by atoms with Gasteiger partial charge in [0.05, 0.1) is 29.8 Å². The molecule has 0 radical (unpaired) electrons. The maximum atomic E-state index is 12.3. The molecule has 6 nitrogen and oxygen atoms in total. The summed E-state index contributed by atoms with van der Waals surface area (Å²) >= 11 is 0. The Bertz CT molecular complexity index is 964. The molecule has 1 N–H and O–H groups in total. The molecule has 3 aromatic rings. The molecule has 0 spiro atoms. The summed E-state index contributed by atoms with van der Waals surface area (Å²) in [5.74, 6) is -0.185. The molecule has 1 aromatic carbocycles. The van der Waals surface area contributed by atoms with Crippen LogP contribution in [-0.4, -0.2) is 25.5 Å². The van der Waals surface area contributed by atoms with Crippen LogP contribution in [0.15, 0.2) is 42.7 Å². The summed E-state index contributed by atoms with van der Waals surface area (Å²) in [7, 11) is 1.84. The van der Waals surface area contributed by atoms with Crippen molar-refractivity contribution >= 4 is 17.7 Å². The molecule has 0 unspecified atom stereocenters. The minimum atomic E-state index is -0.185. The van der Waals surface area contributed by atoms with Gasteiger partial charge in [-0.3, -0.25) is 14.2 Å². The van der Waals surface area contributed by atoms with Crippen molar-refractivity contribution in [2.45, 2.75) is 27.3 Å². The highest BCUT2D eigenvalue weighted by molar-refractivity contribution is 6.02. The van der Waals surface area contributed by atoms with Crippen LogP contribution in [0.4, 0.5) is 5.69 Å². The standard InChI is InChI=1S/C20H23N5O/c1-14-7-5-6-8-18(14)13-25-16(3)20(15(2)23-25)22-19(26)10-9-17-11-21-24(4)12-17/h5-12H,13H2,1-4H3,(H,22,26)/b10-9+. The average Bonchev–Trinajstić information content (AvgIpc) is 3.13. The Labute approximate surface area is 153 Å². The molecule has 0 atom stereocenters. The van der Waals surface area contributed by atoms with E-state index in [0.717, 1.165) is 22.6 Å². The maximum Gasteiger partial charge on any atom is 0.248 e. The minimum Gasteiger partial charge on any atom is -0.319 e. The van der Waals surface area contributed by atoms with Crippen molar-refractivity contribution in [2.75, 3.05) is 5.32 Å². The van der Waals surface area contributed by atoms with Crippen LogP contribution >= 0.6 is 0 Å². The summed E-state index contributed by atoms with van der Waals surface area (Å²) in [6.07, 6.45) is 6.81. The number of carbonyl (C=O) groups is 1. The van der Waals surface area contributed by atoms with Crippen molar-refractivity contribution in [3.63, 3.8) is 0 Å². The first-order chi connectivity index (χ1) is 12.4. The van der Waals surface area contributed by atoms with Gasteiger partial charge in [0.15, 0.2) is 0 Å². The van der Waals surface area contributed by atoms with Crippen LogP contribution in [0.1, 0.15) is 28.1 Å². The fraction of sp³-hybridized carbons (Fsp3) is 0.250. The highest BCUT2D eigenvalue weighted by atomic mass is 16.1. The SMILES string of the molecule is Cc1ccccc1Cn1nc(C)c(NC(=O)/C=C/c2cnn(C)c2)c1C. The van der Waals surface area contributed by atoms with Gasteiger partial charge in [0.2, 0.25) is 5.91 Å². The second-order valence-electron chi connectivity index (χ2n) is 6.40. The predicted octanol–water partition coefficient (Wildman–Crippen LogP) is 3.24. The van der Waals surface area contributed by atoms with Gasteiger partial charge >= 0.3 is 0 Å². The quantitative estimate of drug-likeness (QED) is 0.719. The van der Waals surface area contributed by atoms with Crippen LogP contribution in [0.25, 0.3) is 6.08 Å². The Morgan fingerprint density at radius 1 is 1.23 bits per heavy atom. The Hall–Kier alpha value is -3.15. The molecular weight excluding hydrogens is 326 g/mol. The molecule has 2 aromatic heterocycles. The van der Waals surface area contributed by atoms with E-state index in [2.05, 4.69) is 34.6 Å². The molecule has 0 aliphatic rings. The largest absolute Gasteiger partial charge is 0.319 e. The van der Waals surface area contributed by atoms with Gasteiger partial charge in [0.1, 0.15) is 0 Å². The van der Waals surface area contributed by atoms with E-state index >= 15 is 0 Å². The Morgan fingerprint density at radius 2 is 2.00 bits per heavy atom. The molecule has 26 heavy (non-hydrogen) atoms. The third-order valence-corrected chi connectivity index (χ3v) is 4.36. The van der Waals surface area contributed by atoms with E-state index in [1.807, 2.05) is 43.9 Å². The van der Waals surface area contributed by atoms with Gasteiger partial charge in [-0.15, -0.1) is 0 Å². The van der Waals surface area contributed by atoms with Crippen LogP contribution in [0.3, 0.4) is 0 Å². The number of aromatic nitrogens is 4. The highest BCUT2D eigenvalue weighted by Gasteiger charge is 2.14. The topological polar surface area (TPSA) is 64.7 Å². The number of aryl methyl sites for hydroxylation is 3. The number of hydrogen-bond acceptors (Lipinski definition) is 3. The van der Waals surface area contributed by atoms with Crippen molar-refractivity contribution in [1.29, 1.82) is 0 Å². The third-order valence-electron chi connectivity index (χ3n) is 4.36. The number of carbonyl (C=O) groups excluding carboxylic acids is 1. The van der Waals surface area contributed by atoms with Crippen molar-refractivity contribution in [3.8, 4) is 0 Å². The van der Waals surface area contributed by atoms with Crippen molar-refractivity contribution in [1.82, 2.24) is 19.6 Å². The molecule has 0 saturated carbocycles. The van der Waals surface area contributed by atoms with Crippen LogP contribution < -0.4 is 5.32 Å². The lowest BCUT2D eigenvalue weighted by atomic mass is 10.1. The summed E-state index contributed by atoms with van der Waals surface area (Å²) in [5, 5.41) is 11.6. The molecule has 1 amide bonds. The minimum absolute atomic E-state index is 0.185. The van der Waals surface area contributed by atoms with E-state index in [9.17, 15) is 4.79 Å². The smallest absolute Gasteiger partial charge is 0.248 e. The summed E-state index contributed by atoms with van der Waals surface area (Å²) in [6, 6.07) is 8.24. The second-order valence-corrected chi connectivity index (χ2v) is 6.40. The number of benzene rings is 1. The third kappa shape index (κ3) is 3.91. The molecule has 3 rings (SSSR count). The van der Waals surface area contributed by atoms with E-state index in [4.69, 9.17) is 0 Å². The van der Waals surface area contributed by atoms with Crippen molar-refractivity contribution in [3.05, 3.63) is 70.8 Å². The van der Waals surface area contributed by atoms with Gasteiger partial charge < -0.3 is 5.32 Å². The normalized spacial score (nSPS) is 11.2. The highest BCUT2D eigenvalue weighted by Crippen LogP contribution is 2.21. The zero-order valence-electron chi connectivity index (χ0n) is 15.5. The van der Waals surface area contributed by atoms with Crippen molar-refractivity contribution < 1.29 is 4.79 Å². The van der Waals surface area contributed by atoms with Crippen LogP contribution in [0, 0.1) is 20.8 Å². The van der Waals surface area contributed by atoms with E-state index in [1.54, 1.807) is 17.0 Å². The fourth-order valence-electron chi connectivity index (χ4n) is 2.84. The van der Waals surface area contributed by atoms with Gasteiger partial charge in [-0.2, -0.15) is 10.2 Å². The molecule has 0 fully saturated rings. The first-order valence-electron chi connectivity index (χ1n) is 8.50. The summed E-state index contributed by atoms with van der Waals surface area (Å²) in [5.41, 5.74) is 5.83. The lowest BCUT2D eigenvalue weighted by Crippen LogP contribution is -2.10. The monoisotopic (exact) mass is 349 g/mol. The number of nitrogens with zero attached hydrogens (tertiary/aromatic N) is 4. The van der Waals surface area contributed by atoms with Gasteiger partial charge in [-0.1, -0.05) is 24.3 Å². The van der Waals surface area contributed by atoms with E-state index < -0.39 is 0 Å². The number of rotatable bonds is 5. The molecule has 0 aliphatic heterocycles. The van der Waals surface area contributed by atoms with Gasteiger partial charge in [0, 0.05) is 24.9 Å². The lowest BCUT2D eigenvalue weighted by molar-refractivity contribution is -0.111. The van der Waals surface area contributed by atoms with Crippen LogP contribution in [0.5, 0.6) is 0 Å². The second kappa shape index (κ2) is 7.39. The number of amides is 1. The summed E-state index contributed by atoms with van der Waals surface area (Å²) in [4.78, 5) is 12.3. The Balaban J connectivity index is 1.74. The number of anilines is 1. The Morgan fingerprint density at radius 3 is 2.69 bits per heavy atom. The predicted molar refractivity (Wildman–Crippen MR) is 103 cm³/mol. The number of hydrogen-bond donors (Lipinski definition) is 1. The maximum absolute atomic E-state index is 12.3. The molecule has 6 heteroatoms. The van der Waals surface area contributed by atoms with Crippen LogP contribution in [0.2, 0.25) is 0 Å². The molecule has 0 bridgehead atoms. The van der Waals surface area contributed by atoms with Crippen molar-refractivity contribution in [2.24, 2.45) is 7.05 Å². The molecule has 134 valence electrons. The first-order valence-corrected chi connectivity index (χ1v) is 8.50. The molecule has 0 aliphatic carbocycles. The molecular formula is C20H23N5O. The first kappa shape index (κ1) is 17.7. The van der Waals surface area contributed by atoms with E-state index in [0.29, 0.717) is 6.54 Å². The van der Waals surface area contributed by atoms with Gasteiger partial charge in [0.25, 0.3) is 0 Å². The summed E-state index contributed by atoms with van der Waals surface area (Å²) < 4.78 is 3.62. The zero-order chi connectivity index (χ0) is 18.7. The fourth-order valence-corrected chi connectivity index (χ4v) is 2.84. The van der Waals surface area contributed by atoms with E-state index in [1.165, 1.54) is 17.2 Å². The van der Waals surface area contributed by atoms with Gasteiger partial charge in [-0.05, 0) is 38.0 Å². The number of nitrogens with one attached hydrogen (secondary N) is 1. The average molecular weight is 349 g/mol.